The average Bonchev–Trinajstić information content (AvgIpc) is 3.18. The molecule has 4 rings (SSSR count). The second-order valence-electron chi connectivity index (χ2n) is 6.34. The fourth-order valence-electron chi connectivity index (χ4n) is 3.06. The number of anilines is 1. The molecule has 0 saturated heterocycles. The van der Waals surface area contributed by atoms with Crippen LogP contribution in [-0.2, 0) is 9.84 Å². The molecular weight excluding hydrogens is 358 g/mol. The molecule has 132 valence electrons. The number of pyridine rings is 1. The summed E-state index contributed by atoms with van der Waals surface area (Å²) < 4.78 is 23.8. The van der Waals surface area contributed by atoms with Crippen LogP contribution >= 0.6 is 11.3 Å². The number of aromatic amines is 1. The fraction of sp³-hybridized carbons (Fsp3) is 0.375. The number of aromatic nitrogens is 3. The summed E-state index contributed by atoms with van der Waals surface area (Å²) in [5.41, 5.74) is 2.59. The Balaban J connectivity index is 1.75. The zero-order valence-electron chi connectivity index (χ0n) is 13.9. The van der Waals surface area contributed by atoms with Gasteiger partial charge in [0.15, 0.2) is 9.84 Å². The van der Waals surface area contributed by atoms with E-state index in [0.29, 0.717) is 17.1 Å². The second-order valence-corrected chi connectivity index (χ2v) is 9.61. The van der Waals surface area contributed by atoms with Crippen LogP contribution in [0.2, 0.25) is 0 Å². The van der Waals surface area contributed by atoms with Crippen LogP contribution in [0.3, 0.4) is 0 Å². The minimum Gasteiger partial charge on any atom is -0.381 e. The van der Waals surface area contributed by atoms with Gasteiger partial charge in [-0.15, -0.1) is 11.3 Å². The minimum atomic E-state index is -3.26. The summed E-state index contributed by atoms with van der Waals surface area (Å²) in [5, 5.41) is 8.53. The van der Waals surface area contributed by atoms with Crippen molar-refractivity contribution < 1.29 is 8.42 Å². The van der Waals surface area contributed by atoms with Gasteiger partial charge < -0.3 is 15.6 Å². The molecule has 3 aromatic heterocycles. The van der Waals surface area contributed by atoms with Crippen molar-refractivity contribution in [1.82, 2.24) is 20.3 Å². The van der Waals surface area contributed by atoms with E-state index >= 15 is 0 Å². The van der Waals surface area contributed by atoms with Crippen LogP contribution in [0.25, 0.3) is 21.6 Å². The van der Waals surface area contributed by atoms with Crippen LogP contribution in [0.15, 0.2) is 28.9 Å². The standard InChI is InChI=1S/C16H19N5O2S2/c1-17-9-5-10(6-9)21-14-11-3-4-18-15(11)19-7-12(14)16-20-8-13(24-16)25(2,22)23/h3-4,7-10,17H,5-6H2,1-2H3,(H2,18,19,21). The predicted octanol–water partition coefficient (Wildman–Crippen LogP) is 2.25. The first-order valence-electron chi connectivity index (χ1n) is 8.02. The van der Waals surface area contributed by atoms with Crippen molar-refractivity contribution in [2.45, 2.75) is 29.1 Å². The predicted molar refractivity (Wildman–Crippen MR) is 99.8 cm³/mol. The Morgan fingerprint density at radius 2 is 2.04 bits per heavy atom. The van der Waals surface area contributed by atoms with E-state index in [9.17, 15) is 8.42 Å². The smallest absolute Gasteiger partial charge is 0.186 e. The van der Waals surface area contributed by atoms with Crippen LogP contribution in [-0.4, -0.2) is 48.8 Å². The Bertz CT molecular complexity index is 1020. The lowest BCUT2D eigenvalue weighted by Gasteiger charge is -2.36. The van der Waals surface area contributed by atoms with E-state index in [1.54, 1.807) is 6.20 Å². The minimum absolute atomic E-state index is 0.265. The van der Waals surface area contributed by atoms with E-state index in [0.717, 1.165) is 35.1 Å². The fourth-order valence-corrected chi connectivity index (χ4v) is 4.81. The Morgan fingerprint density at radius 3 is 2.72 bits per heavy atom. The molecule has 0 aromatic carbocycles. The van der Waals surface area contributed by atoms with Crippen molar-refractivity contribution in [3.8, 4) is 10.6 Å². The van der Waals surface area contributed by atoms with Gasteiger partial charge in [-0.2, -0.15) is 0 Å². The highest BCUT2D eigenvalue weighted by atomic mass is 32.2. The number of thiazole rings is 1. The molecule has 1 aliphatic rings. The molecule has 0 bridgehead atoms. The molecule has 3 aromatic rings. The van der Waals surface area contributed by atoms with Gasteiger partial charge in [-0.05, 0) is 26.0 Å². The summed E-state index contributed by atoms with van der Waals surface area (Å²) in [7, 11) is -1.28. The third-order valence-corrected chi connectivity index (χ3v) is 7.38. The molecule has 3 heterocycles. The topological polar surface area (TPSA) is 99.8 Å². The Labute approximate surface area is 149 Å². The lowest BCUT2D eigenvalue weighted by atomic mass is 9.86. The van der Waals surface area contributed by atoms with Gasteiger partial charge in [0.2, 0.25) is 0 Å². The number of fused-ring (bicyclic) bond motifs is 1. The van der Waals surface area contributed by atoms with E-state index in [1.165, 1.54) is 23.8 Å². The number of rotatable bonds is 5. The zero-order chi connectivity index (χ0) is 17.6. The van der Waals surface area contributed by atoms with Gasteiger partial charge >= 0.3 is 0 Å². The van der Waals surface area contributed by atoms with Gasteiger partial charge in [-0.3, -0.25) is 0 Å². The average molecular weight is 377 g/mol. The SMILES string of the molecule is CNC1CC(Nc2c(-c3ncc(S(C)(=O)=O)s3)cnc3[nH]ccc23)C1. The van der Waals surface area contributed by atoms with E-state index < -0.39 is 9.84 Å². The highest BCUT2D eigenvalue weighted by Crippen LogP contribution is 2.38. The Hall–Kier alpha value is -1.97. The molecule has 0 radical (unpaired) electrons. The molecule has 0 amide bonds. The van der Waals surface area contributed by atoms with Gasteiger partial charge in [0, 0.05) is 36.1 Å². The van der Waals surface area contributed by atoms with Gasteiger partial charge in [0.25, 0.3) is 0 Å². The highest BCUT2D eigenvalue weighted by molar-refractivity contribution is 7.92. The first kappa shape index (κ1) is 16.5. The van der Waals surface area contributed by atoms with E-state index in [1.807, 2.05) is 19.3 Å². The summed E-state index contributed by atoms with van der Waals surface area (Å²) in [5.74, 6) is 0. The maximum Gasteiger partial charge on any atom is 0.186 e. The number of hydrogen-bond donors (Lipinski definition) is 3. The van der Waals surface area contributed by atoms with Crippen molar-refractivity contribution in [2.24, 2.45) is 0 Å². The summed E-state index contributed by atoms with van der Waals surface area (Å²) in [6, 6.07) is 2.90. The van der Waals surface area contributed by atoms with Crippen molar-refractivity contribution in [3.63, 3.8) is 0 Å². The number of sulfone groups is 1. The zero-order valence-corrected chi connectivity index (χ0v) is 15.5. The largest absolute Gasteiger partial charge is 0.381 e. The summed E-state index contributed by atoms with van der Waals surface area (Å²) >= 11 is 1.17. The monoisotopic (exact) mass is 377 g/mol. The Morgan fingerprint density at radius 1 is 1.24 bits per heavy atom. The number of H-pyrrole nitrogens is 1. The molecule has 0 aliphatic heterocycles. The molecule has 0 unspecified atom stereocenters. The van der Waals surface area contributed by atoms with Crippen LogP contribution in [0.1, 0.15) is 12.8 Å². The van der Waals surface area contributed by atoms with Crippen LogP contribution in [0.4, 0.5) is 5.69 Å². The molecule has 25 heavy (non-hydrogen) atoms. The summed E-state index contributed by atoms with van der Waals surface area (Å²) in [6.07, 6.45) is 8.32. The maximum atomic E-state index is 11.8. The third kappa shape index (κ3) is 3.03. The number of hydrogen-bond acceptors (Lipinski definition) is 7. The quantitative estimate of drug-likeness (QED) is 0.631. The van der Waals surface area contributed by atoms with E-state index in [2.05, 4.69) is 25.6 Å². The molecule has 1 aliphatic carbocycles. The molecular formula is C16H19N5O2S2. The van der Waals surface area contributed by atoms with Crippen molar-refractivity contribution >= 4 is 37.9 Å². The van der Waals surface area contributed by atoms with Gasteiger partial charge in [-0.25, -0.2) is 18.4 Å². The lowest BCUT2D eigenvalue weighted by Crippen LogP contribution is -2.46. The number of nitrogens with zero attached hydrogens (tertiary/aromatic N) is 2. The highest BCUT2D eigenvalue weighted by Gasteiger charge is 2.29. The first-order valence-corrected chi connectivity index (χ1v) is 10.7. The molecule has 0 atom stereocenters. The van der Waals surface area contributed by atoms with Crippen LogP contribution in [0.5, 0.6) is 0 Å². The molecule has 3 N–H and O–H groups in total. The van der Waals surface area contributed by atoms with Gasteiger partial charge in [0.05, 0.1) is 17.4 Å². The Kier molecular flexibility index (Phi) is 4.01. The summed E-state index contributed by atoms with van der Waals surface area (Å²) in [4.78, 5) is 11.9. The van der Waals surface area contributed by atoms with Crippen molar-refractivity contribution in [3.05, 3.63) is 24.7 Å². The molecule has 1 saturated carbocycles. The van der Waals surface area contributed by atoms with Crippen molar-refractivity contribution in [1.29, 1.82) is 0 Å². The molecule has 0 spiro atoms. The van der Waals surface area contributed by atoms with Gasteiger partial charge in [-0.1, -0.05) is 0 Å². The van der Waals surface area contributed by atoms with E-state index in [-0.39, 0.29) is 4.21 Å². The summed E-state index contributed by atoms with van der Waals surface area (Å²) in [6.45, 7) is 0. The molecule has 9 heteroatoms. The van der Waals surface area contributed by atoms with Crippen LogP contribution < -0.4 is 10.6 Å². The first-order chi connectivity index (χ1) is 12.0. The third-order valence-electron chi connectivity index (χ3n) is 4.56. The van der Waals surface area contributed by atoms with Crippen molar-refractivity contribution in [2.75, 3.05) is 18.6 Å². The van der Waals surface area contributed by atoms with E-state index in [4.69, 9.17) is 0 Å². The lowest BCUT2D eigenvalue weighted by molar-refractivity contribution is 0.327. The second kappa shape index (κ2) is 6.08. The number of nitrogens with one attached hydrogen (secondary N) is 3. The molecule has 7 nitrogen and oxygen atoms in total. The van der Waals surface area contributed by atoms with Crippen LogP contribution in [0, 0.1) is 0 Å². The molecule has 1 fully saturated rings. The maximum absolute atomic E-state index is 11.8. The van der Waals surface area contributed by atoms with Gasteiger partial charge in [0.1, 0.15) is 14.9 Å². The normalized spacial score (nSPS) is 20.6.